The fraction of sp³-hybridized carbons (Fsp3) is 0.429. The minimum atomic E-state index is 0.0913. The first-order chi connectivity index (χ1) is 7.43. The van der Waals surface area contributed by atoms with Crippen molar-refractivity contribution in [2.24, 2.45) is 5.73 Å². The lowest BCUT2D eigenvalue weighted by Gasteiger charge is -2.19. The molecule has 0 unspecified atom stereocenters. The summed E-state index contributed by atoms with van der Waals surface area (Å²) in [6.07, 6.45) is 1.78. The van der Waals surface area contributed by atoms with Crippen molar-refractivity contribution in [3.8, 4) is 0 Å². The summed E-state index contributed by atoms with van der Waals surface area (Å²) in [6.45, 7) is 9.24. The number of benzene rings is 1. The van der Waals surface area contributed by atoms with E-state index < -0.39 is 0 Å². The van der Waals surface area contributed by atoms with E-state index in [1.807, 2.05) is 0 Å². The second kappa shape index (κ2) is 3.63. The van der Waals surface area contributed by atoms with Gasteiger partial charge in [-0.1, -0.05) is 26.8 Å². The molecule has 1 aromatic heterocycles. The Balaban J connectivity index is 2.80. The molecule has 0 amide bonds. The van der Waals surface area contributed by atoms with Crippen LogP contribution in [0.4, 0.5) is 0 Å². The Bertz CT molecular complexity index is 517. The van der Waals surface area contributed by atoms with Gasteiger partial charge in [0, 0.05) is 23.1 Å². The van der Waals surface area contributed by atoms with Crippen LogP contribution in [0.1, 0.15) is 37.5 Å². The zero-order valence-electron chi connectivity index (χ0n) is 10.4. The molecular formula is C14H19NO. The van der Waals surface area contributed by atoms with E-state index in [0.717, 1.165) is 16.5 Å². The number of rotatable bonds is 1. The quantitative estimate of drug-likeness (QED) is 0.794. The largest absolute Gasteiger partial charge is 0.464 e. The minimum absolute atomic E-state index is 0.0913. The van der Waals surface area contributed by atoms with Crippen molar-refractivity contribution in [2.75, 3.05) is 0 Å². The van der Waals surface area contributed by atoms with Crippen LogP contribution in [0.5, 0.6) is 0 Å². The number of fused-ring (bicyclic) bond motifs is 1. The molecule has 2 nitrogen and oxygen atoms in total. The van der Waals surface area contributed by atoms with E-state index >= 15 is 0 Å². The average Bonchev–Trinajstić information content (AvgIpc) is 2.57. The smallest absolute Gasteiger partial charge is 0.137 e. The van der Waals surface area contributed by atoms with Gasteiger partial charge in [0.1, 0.15) is 5.58 Å². The van der Waals surface area contributed by atoms with Crippen LogP contribution >= 0.6 is 0 Å². The molecule has 0 bridgehead atoms. The van der Waals surface area contributed by atoms with Crippen LogP contribution < -0.4 is 5.73 Å². The van der Waals surface area contributed by atoms with E-state index in [0.29, 0.717) is 6.54 Å². The van der Waals surface area contributed by atoms with Gasteiger partial charge in [-0.3, -0.25) is 0 Å². The zero-order valence-corrected chi connectivity index (χ0v) is 10.4. The standard InChI is InChI=1S/C14H19NO/c1-9-5-11-10(7-15)8-16-13(11)12(6-9)14(2,3)4/h5-6,8H,7,15H2,1-4H3. The second-order valence-corrected chi connectivity index (χ2v) is 5.40. The van der Waals surface area contributed by atoms with Gasteiger partial charge in [-0.15, -0.1) is 0 Å². The summed E-state index contributed by atoms with van der Waals surface area (Å²) in [5.74, 6) is 0. The Labute approximate surface area is 96.4 Å². The van der Waals surface area contributed by atoms with Crippen LogP contribution in [0.15, 0.2) is 22.8 Å². The summed E-state index contributed by atoms with van der Waals surface area (Å²) in [4.78, 5) is 0. The summed E-state index contributed by atoms with van der Waals surface area (Å²) in [5.41, 5.74) is 10.4. The van der Waals surface area contributed by atoms with E-state index in [1.165, 1.54) is 11.1 Å². The highest BCUT2D eigenvalue weighted by Gasteiger charge is 2.20. The Morgan fingerprint density at radius 2 is 1.94 bits per heavy atom. The number of hydrogen-bond donors (Lipinski definition) is 1. The lowest BCUT2D eigenvalue weighted by molar-refractivity contribution is 0.557. The number of aryl methyl sites for hydroxylation is 1. The predicted octanol–water partition coefficient (Wildman–Crippen LogP) is 3.50. The van der Waals surface area contributed by atoms with Crippen LogP contribution in [0, 0.1) is 6.92 Å². The van der Waals surface area contributed by atoms with Crippen molar-refractivity contribution in [1.82, 2.24) is 0 Å². The highest BCUT2D eigenvalue weighted by molar-refractivity contribution is 5.85. The van der Waals surface area contributed by atoms with Crippen LogP contribution in [0.3, 0.4) is 0 Å². The van der Waals surface area contributed by atoms with E-state index in [9.17, 15) is 0 Å². The Kier molecular flexibility index (Phi) is 2.55. The van der Waals surface area contributed by atoms with E-state index in [-0.39, 0.29) is 5.41 Å². The van der Waals surface area contributed by atoms with Crippen molar-refractivity contribution in [3.05, 3.63) is 35.1 Å². The first-order valence-corrected chi connectivity index (χ1v) is 5.65. The summed E-state index contributed by atoms with van der Waals surface area (Å²) in [7, 11) is 0. The van der Waals surface area contributed by atoms with Crippen LogP contribution in [0.2, 0.25) is 0 Å². The van der Waals surface area contributed by atoms with Gasteiger partial charge < -0.3 is 10.2 Å². The van der Waals surface area contributed by atoms with Gasteiger partial charge in [0.05, 0.1) is 6.26 Å². The fourth-order valence-corrected chi connectivity index (χ4v) is 2.05. The predicted molar refractivity (Wildman–Crippen MR) is 67.5 cm³/mol. The molecule has 16 heavy (non-hydrogen) atoms. The summed E-state index contributed by atoms with van der Waals surface area (Å²) in [5, 5.41) is 1.16. The van der Waals surface area contributed by atoms with Gasteiger partial charge in [-0.2, -0.15) is 0 Å². The Hall–Kier alpha value is -1.28. The Morgan fingerprint density at radius 1 is 1.25 bits per heavy atom. The highest BCUT2D eigenvalue weighted by Crippen LogP contribution is 2.33. The van der Waals surface area contributed by atoms with Crippen LogP contribution in [-0.2, 0) is 12.0 Å². The fourth-order valence-electron chi connectivity index (χ4n) is 2.05. The van der Waals surface area contributed by atoms with Gasteiger partial charge in [-0.05, 0) is 24.0 Å². The maximum absolute atomic E-state index is 5.71. The number of furan rings is 1. The molecule has 0 atom stereocenters. The van der Waals surface area contributed by atoms with Crippen molar-refractivity contribution in [3.63, 3.8) is 0 Å². The Morgan fingerprint density at radius 3 is 2.50 bits per heavy atom. The molecule has 0 fully saturated rings. The molecule has 0 saturated heterocycles. The molecule has 0 saturated carbocycles. The third-order valence-corrected chi connectivity index (χ3v) is 2.93. The maximum Gasteiger partial charge on any atom is 0.137 e. The molecule has 0 aliphatic carbocycles. The molecule has 0 aliphatic heterocycles. The topological polar surface area (TPSA) is 39.2 Å². The summed E-state index contributed by atoms with van der Waals surface area (Å²) >= 11 is 0. The third-order valence-electron chi connectivity index (χ3n) is 2.93. The SMILES string of the molecule is Cc1cc(C(C)(C)C)c2occ(CN)c2c1. The van der Waals surface area contributed by atoms with Crippen LogP contribution in [-0.4, -0.2) is 0 Å². The normalized spacial score (nSPS) is 12.3. The minimum Gasteiger partial charge on any atom is -0.464 e. The first kappa shape index (κ1) is 11.2. The zero-order chi connectivity index (χ0) is 11.9. The summed E-state index contributed by atoms with van der Waals surface area (Å²) < 4.78 is 5.67. The van der Waals surface area contributed by atoms with Crippen molar-refractivity contribution in [1.29, 1.82) is 0 Å². The molecule has 2 N–H and O–H groups in total. The summed E-state index contributed by atoms with van der Waals surface area (Å²) in [6, 6.07) is 4.35. The van der Waals surface area contributed by atoms with E-state index in [1.54, 1.807) is 6.26 Å². The molecule has 86 valence electrons. The molecule has 2 heteroatoms. The molecule has 0 spiro atoms. The van der Waals surface area contributed by atoms with E-state index in [4.69, 9.17) is 10.2 Å². The highest BCUT2D eigenvalue weighted by atomic mass is 16.3. The average molecular weight is 217 g/mol. The van der Waals surface area contributed by atoms with Crippen molar-refractivity contribution in [2.45, 2.75) is 39.7 Å². The maximum atomic E-state index is 5.71. The lowest BCUT2D eigenvalue weighted by Crippen LogP contribution is -2.11. The molecular weight excluding hydrogens is 198 g/mol. The van der Waals surface area contributed by atoms with Crippen LogP contribution in [0.25, 0.3) is 11.0 Å². The van der Waals surface area contributed by atoms with Gasteiger partial charge in [0.2, 0.25) is 0 Å². The van der Waals surface area contributed by atoms with Crippen molar-refractivity contribution >= 4 is 11.0 Å². The molecule has 1 aromatic carbocycles. The molecule has 0 aliphatic rings. The first-order valence-electron chi connectivity index (χ1n) is 5.65. The van der Waals surface area contributed by atoms with Gasteiger partial charge in [0.25, 0.3) is 0 Å². The number of nitrogens with two attached hydrogens (primary N) is 1. The lowest BCUT2D eigenvalue weighted by atomic mass is 9.85. The molecule has 2 aromatic rings. The van der Waals surface area contributed by atoms with Gasteiger partial charge in [0.15, 0.2) is 0 Å². The molecule has 0 radical (unpaired) electrons. The van der Waals surface area contributed by atoms with Gasteiger partial charge >= 0.3 is 0 Å². The van der Waals surface area contributed by atoms with Gasteiger partial charge in [-0.25, -0.2) is 0 Å². The second-order valence-electron chi connectivity index (χ2n) is 5.40. The molecule has 1 heterocycles. The third kappa shape index (κ3) is 1.74. The van der Waals surface area contributed by atoms with E-state index in [2.05, 4.69) is 39.8 Å². The van der Waals surface area contributed by atoms with Crippen molar-refractivity contribution < 1.29 is 4.42 Å². The number of hydrogen-bond acceptors (Lipinski definition) is 2. The monoisotopic (exact) mass is 217 g/mol. The molecule has 2 rings (SSSR count).